The first-order valence-electron chi connectivity index (χ1n) is 5.89. The number of aromatic nitrogens is 4. The standard InChI is InChI=1S/C13H11ClN4O2/c1-7-15-11(14)10-12(16-7)17-13(19)18(10)8-3-5-9(20-2)6-4-8/h3-6H,1-2H3,(H,15,16,17,19). The quantitative estimate of drug-likeness (QED) is 0.733. The molecule has 2 heterocycles. The Morgan fingerprint density at radius 3 is 2.60 bits per heavy atom. The number of hydrogen-bond donors (Lipinski definition) is 1. The molecule has 0 fully saturated rings. The van der Waals surface area contributed by atoms with E-state index in [-0.39, 0.29) is 10.8 Å². The maximum Gasteiger partial charge on any atom is 0.332 e. The number of nitrogens with one attached hydrogen (secondary N) is 1. The summed E-state index contributed by atoms with van der Waals surface area (Å²) in [7, 11) is 1.58. The average molecular weight is 291 g/mol. The number of aryl methyl sites for hydroxylation is 1. The molecule has 1 N–H and O–H groups in total. The van der Waals surface area contributed by atoms with E-state index in [1.54, 1.807) is 38.3 Å². The van der Waals surface area contributed by atoms with Crippen LogP contribution in [0, 0.1) is 6.92 Å². The molecule has 0 atom stereocenters. The lowest BCUT2D eigenvalue weighted by Gasteiger charge is -2.05. The third-order valence-electron chi connectivity index (χ3n) is 2.94. The number of fused-ring (bicyclic) bond motifs is 1. The van der Waals surface area contributed by atoms with Crippen molar-refractivity contribution in [3.63, 3.8) is 0 Å². The van der Waals surface area contributed by atoms with E-state index in [1.807, 2.05) is 0 Å². The largest absolute Gasteiger partial charge is 0.497 e. The van der Waals surface area contributed by atoms with Crippen LogP contribution < -0.4 is 10.4 Å². The van der Waals surface area contributed by atoms with Crippen LogP contribution in [0.4, 0.5) is 0 Å². The maximum absolute atomic E-state index is 12.1. The van der Waals surface area contributed by atoms with Crippen molar-refractivity contribution in [1.29, 1.82) is 0 Å². The van der Waals surface area contributed by atoms with Crippen molar-refractivity contribution in [2.75, 3.05) is 7.11 Å². The number of benzene rings is 1. The van der Waals surface area contributed by atoms with Crippen molar-refractivity contribution >= 4 is 22.8 Å². The lowest BCUT2D eigenvalue weighted by atomic mass is 10.3. The first-order chi connectivity index (χ1) is 9.60. The maximum atomic E-state index is 12.1. The summed E-state index contributed by atoms with van der Waals surface area (Å²) in [6.45, 7) is 1.72. The molecule has 1 aromatic carbocycles. The van der Waals surface area contributed by atoms with E-state index in [2.05, 4.69) is 15.0 Å². The third kappa shape index (κ3) is 1.94. The molecular weight excluding hydrogens is 280 g/mol. The van der Waals surface area contributed by atoms with E-state index in [0.29, 0.717) is 28.4 Å². The van der Waals surface area contributed by atoms with Gasteiger partial charge < -0.3 is 4.74 Å². The minimum absolute atomic E-state index is 0.238. The molecule has 0 bridgehead atoms. The Morgan fingerprint density at radius 2 is 1.95 bits per heavy atom. The molecule has 6 nitrogen and oxygen atoms in total. The fraction of sp³-hybridized carbons (Fsp3) is 0.154. The van der Waals surface area contributed by atoms with Crippen LogP contribution in [0.2, 0.25) is 5.15 Å². The smallest absolute Gasteiger partial charge is 0.332 e. The molecule has 20 heavy (non-hydrogen) atoms. The highest BCUT2D eigenvalue weighted by Crippen LogP contribution is 2.22. The molecule has 0 aliphatic carbocycles. The zero-order valence-electron chi connectivity index (χ0n) is 10.8. The van der Waals surface area contributed by atoms with Crippen molar-refractivity contribution < 1.29 is 4.74 Å². The minimum atomic E-state index is -0.313. The second-order valence-corrected chi connectivity index (χ2v) is 4.58. The first-order valence-corrected chi connectivity index (χ1v) is 6.27. The molecule has 102 valence electrons. The fourth-order valence-electron chi connectivity index (χ4n) is 2.05. The number of methoxy groups -OCH3 is 1. The zero-order chi connectivity index (χ0) is 14.3. The van der Waals surface area contributed by atoms with Crippen LogP contribution in [-0.4, -0.2) is 26.6 Å². The Balaban J connectivity index is 2.29. The molecule has 0 amide bonds. The number of rotatable bonds is 2. The number of halogens is 1. The monoisotopic (exact) mass is 290 g/mol. The molecule has 7 heteroatoms. The van der Waals surface area contributed by atoms with Gasteiger partial charge in [0.2, 0.25) is 0 Å². The van der Waals surface area contributed by atoms with Gasteiger partial charge >= 0.3 is 5.69 Å². The van der Waals surface area contributed by atoms with Gasteiger partial charge in [0.25, 0.3) is 0 Å². The highest BCUT2D eigenvalue weighted by molar-refractivity contribution is 6.33. The summed E-state index contributed by atoms with van der Waals surface area (Å²) >= 11 is 6.13. The summed E-state index contributed by atoms with van der Waals surface area (Å²) in [6, 6.07) is 7.07. The van der Waals surface area contributed by atoms with Crippen molar-refractivity contribution in [2.24, 2.45) is 0 Å². The summed E-state index contributed by atoms with van der Waals surface area (Å²) in [4.78, 5) is 23.0. The van der Waals surface area contributed by atoms with E-state index in [9.17, 15) is 4.79 Å². The topological polar surface area (TPSA) is 72.8 Å². The highest BCUT2D eigenvalue weighted by atomic mass is 35.5. The van der Waals surface area contributed by atoms with Crippen LogP contribution in [0.25, 0.3) is 16.9 Å². The second kappa shape index (κ2) is 4.64. The van der Waals surface area contributed by atoms with Gasteiger partial charge in [0.15, 0.2) is 10.8 Å². The Bertz CT molecular complexity index is 836. The summed E-state index contributed by atoms with van der Waals surface area (Å²) in [5.74, 6) is 1.21. The summed E-state index contributed by atoms with van der Waals surface area (Å²) in [6.07, 6.45) is 0. The third-order valence-corrected chi connectivity index (χ3v) is 3.20. The van der Waals surface area contributed by atoms with Crippen molar-refractivity contribution in [3.8, 4) is 11.4 Å². The summed E-state index contributed by atoms with van der Waals surface area (Å²) < 4.78 is 6.54. The fourth-order valence-corrected chi connectivity index (χ4v) is 2.35. The van der Waals surface area contributed by atoms with Crippen molar-refractivity contribution in [1.82, 2.24) is 19.5 Å². The predicted octanol–water partition coefficient (Wildman–Crippen LogP) is 2.08. The molecule has 0 aliphatic rings. The lowest BCUT2D eigenvalue weighted by molar-refractivity contribution is 0.414. The van der Waals surface area contributed by atoms with Gasteiger partial charge in [-0.05, 0) is 31.2 Å². The van der Waals surface area contributed by atoms with E-state index >= 15 is 0 Å². The molecule has 2 aromatic heterocycles. The lowest BCUT2D eigenvalue weighted by Crippen LogP contribution is -2.14. The number of aromatic amines is 1. The molecule has 0 saturated heterocycles. The average Bonchev–Trinajstić information content (AvgIpc) is 2.75. The van der Waals surface area contributed by atoms with E-state index < -0.39 is 0 Å². The molecule has 0 unspecified atom stereocenters. The van der Waals surface area contributed by atoms with Gasteiger partial charge in [-0.1, -0.05) is 11.6 Å². The van der Waals surface area contributed by atoms with Crippen LogP contribution in [0.15, 0.2) is 29.1 Å². The molecule has 0 radical (unpaired) electrons. The Labute approximate surface area is 119 Å². The highest BCUT2D eigenvalue weighted by Gasteiger charge is 2.14. The van der Waals surface area contributed by atoms with Gasteiger partial charge in [-0.2, -0.15) is 0 Å². The van der Waals surface area contributed by atoms with Gasteiger partial charge in [-0.3, -0.25) is 9.55 Å². The van der Waals surface area contributed by atoms with Gasteiger partial charge in [0.05, 0.1) is 12.8 Å². The Kier molecular flexibility index (Phi) is 2.94. The van der Waals surface area contributed by atoms with Gasteiger partial charge in [-0.25, -0.2) is 14.8 Å². The normalized spacial score (nSPS) is 10.9. The van der Waals surface area contributed by atoms with Gasteiger partial charge in [-0.15, -0.1) is 0 Å². The van der Waals surface area contributed by atoms with Crippen LogP contribution in [0.5, 0.6) is 5.75 Å². The van der Waals surface area contributed by atoms with Crippen LogP contribution in [0.3, 0.4) is 0 Å². The van der Waals surface area contributed by atoms with Crippen molar-refractivity contribution in [2.45, 2.75) is 6.92 Å². The van der Waals surface area contributed by atoms with E-state index in [1.165, 1.54) is 4.57 Å². The van der Waals surface area contributed by atoms with E-state index in [4.69, 9.17) is 16.3 Å². The Morgan fingerprint density at radius 1 is 1.25 bits per heavy atom. The van der Waals surface area contributed by atoms with Gasteiger partial charge in [0, 0.05) is 0 Å². The number of hydrogen-bond acceptors (Lipinski definition) is 4. The molecule has 3 rings (SSSR count). The molecular formula is C13H11ClN4O2. The van der Waals surface area contributed by atoms with E-state index in [0.717, 1.165) is 0 Å². The SMILES string of the molecule is COc1ccc(-n2c(=O)[nH]c3nc(C)nc(Cl)c32)cc1. The van der Waals surface area contributed by atoms with Crippen LogP contribution >= 0.6 is 11.6 Å². The molecule has 0 aliphatic heterocycles. The number of imidazole rings is 1. The Hall–Kier alpha value is -2.34. The van der Waals surface area contributed by atoms with Crippen LogP contribution in [-0.2, 0) is 0 Å². The number of ether oxygens (including phenoxy) is 1. The second-order valence-electron chi connectivity index (χ2n) is 4.22. The van der Waals surface area contributed by atoms with Crippen molar-refractivity contribution in [3.05, 3.63) is 45.7 Å². The molecule has 0 spiro atoms. The molecule has 0 saturated carbocycles. The number of nitrogens with zero attached hydrogens (tertiary/aromatic N) is 3. The van der Waals surface area contributed by atoms with Crippen LogP contribution in [0.1, 0.15) is 5.82 Å². The summed E-state index contributed by atoms with van der Waals surface area (Å²) in [5, 5.41) is 0.238. The minimum Gasteiger partial charge on any atom is -0.497 e. The number of H-pyrrole nitrogens is 1. The summed E-state index contributed by atoms with van der Waals surface area (Å²) in [5.41, 5.74) is 1.24. The predicted molar refractivity (Wildman–Crippen MR) is 75.8 cm³/mol. The van der Waals surface area contributed by atoms with Gasteiger partial charge in [0.1, 0.15) is 17.1 Å². The molecule has 3 aromatic rings. The zero-order valence-corrected chi connectivity index (χ0v) is 11.6. The first kappa shape index (κ1) is 12.7.